The van der Waals surface area contributed by atoms with Gasteiger partial charge < -0.3 is 10.2 Å². The Kier molecular flexibility index (Phi) is 6.00. The van der Waals surface area contributed by atoms with Gasteiger partial charge in [-0.3, -0.25) is 9.59 Å². The Balaban J connectivity index is 1.75. The van der Waals surface area contributed by atoms with Gasteiger partial charge in [0.2, 0.25) is 11.8 Å². The summed E-state index contributed by atoms with van der Waals surface area (Å²) in [5, 5.41) is 2.65. The number of nitrogens with one attached hydrogen (secondary N) is 1. The molecule has 0 atom stereocenters. The molecule has 1 aromatic carbocycles. The standard InChI is InChI=1S/C17H19F3N2O2/c18-17(19,20)14-5-1-4-13(12-14)7-8-15(23)21-9-3-11-22-10-2-6-16(22)24/h1,4-5,7-8,12H,2-3,6,9-11H2,(H,21,23)/b8-7+. The van der Waals surface area contributed by atoms with Gasteiger partial charge in [0.25, 0.3) is 0 Å². The van der Waals surface area contributed by atoms with Gasteiger partial charge in [0.1, 0.15) is 0 Å². The molecular weight excluding hydrogens is 321 g/mol. The van der Waals surface area contributed by atoms with Crippen molar-refractivity contribution in [2.75, 3.05) is 19.6 Å². The predicted octanol–water partition coefficient (Wildman–Crippen LogP) is 2.85. The van der Waals surface area contributed by atoms with Crippen molar-refractivity contribution in [3.63, 3.8) is 0 Å². The summed E-state index contributed by atoms with van der Waals surface area (Å²) in [7, 11) is 0. The summed E-state index contributed by atoms with van der Waals surface area (Å²) in [4.78, 5) is 24.8. The number of carbonyl (C=O) groups excluding carboxylic acids is 2. The molecule has 0 bridgehead atoms. The molecule has 0 unspecified atom stereocenters. The summed E-state index contributed by atoms with van der Waals surface area (Å²) in [5.74, 6) is -0.231. The quantitative estimate of drug-likeness (QED) is 0.639. The molecular formula is C17H19F3N2O2. The Morgan fingerprint density at radius 1 is 1.33 bits per heavy atom. The summed E-state index contributed by atoms with van der Waals surface area (Å²) in [6.07, 6.45) is 0.260. The summed E-state index contributed by atoms with van der Waals surface area (Å²) in [6, 6.07) is 4.77. The van der Waals surface area contributed by atoms with Crippen LogP contribution < -0.4 is 5.32 Å². The molecule has 1 saturated heterocycles. The van der Waals surface area contributed by atoms with Gasteiger partial charge in [-0.15, -0.1) is 0 Å². The van der Waals surface area contributed by atoms with Crippen molar-refractivity contribution >= 4 is 17.9 Å². The molecule has 0 aliphatic carbocycles. The van der Waals surface area contributed by atoms with Crippen molar-refractivity contribution < 1.29 is 22.8 Å². The summed E-state index contributed by atoms with van der Waals surface area (Å²) in [6.45, 7) is 1.79. The molecule has 0 aromatic heterocycles. The maximum atomic E-state index is 12.6. The fourth-order valence-corrected chi connectivity index (χ4v) is 2.47. The largest absolute Gasteiger partial charge is 0.416 e. The lowest BCUT2D eigenvalue weighted by Gasteiger charge is -2.14. The Morgan fingerprint density at radius 2 is 2.12 bits per heavy atom. The van der Waals surface area contributed by atoms with Crippen molar-refractivity contribution in [2.45, 2.75) is 25.4 Å². The van der Waals surface area contributed by atoms with Crippen molar-refractivity contribution in [2.24, 2.45) is 0 Å². The molecule has 1 heterocycles. The monoisotopic (exact) mass is 340 g/mol. The van der Waals surface area contributed by atoms with Crippen LogP contribution in [-0.2, 0) is 15.8 Å². The fourth-order valence-electron chi connectivity index (χ4n) is 2.47. The van der Waals surface area contributed by atoms with Gasteiger partial charge in [-0.1, -0.05) is 12.1 Å². The van der Waals surface area contributed by atoms with E-state index in [9.17, 15) is 22.8 Å². The van der Waals surface area contributed by atoms with Crippen LogP contribution in [0.15, 0.2) is 30.3 Å². The lowest BCUT2D eigenvalue weighted by Crippen LogP contribution is -2.29. The summed E-state index contributed by atoms with van der Waals surface area (Å²) >= 11 is 0. The van der Waals surface area contributed by atoms with Gasteiger partial charge in [-0.2, -0.15) is 13.2 Å². The number of nitrogens with zero attached hydrogens (tertiary/aromatic N) is 1. The highest BCUT2D eigenvalue weighted by Crippen LogP contribution is 2.29. The molecule has 1 aromatic rings. The molecule has 1 fully saturated rings. The van der Waals surface area contributed by atoms with Crippen molar-refractivity contribution in [3.05, 3.63) is 41.5 Å². The highest BCUT2D eigenvalue weighted by atomic mass is 19.4. The Morgan fingerprint density at radius 3 is 2.79 bits per heavy atom. The van der Waals surface area contributed by atoms with Gasteiger partial charge in [-0.25, -0.2) is 0 Å². The third-order valence-corrected chi connectivity index (χ3v) is 3.72. The first-order valence-corrected chi connectivity index (χ1v) is 7.77. The number of hydrogen-bond acceptors (Lipinski definition) is 2. The maximum absolute atomic E-state index is 12.6. The second-order valence-electron chi connectivity index (χ2n) is 5.59. The zero-order valence-electron chi connectivity index (χ0n) is 13.1. The van der Waals surface area contributed by atoms with Crippen LogP contribution in [0.3, 0.4) is 0 Å². The van der Waals surface area contributed by atoms with Crippen LogP contribution in [0.1, 0.15) is 30.4 Å². The number of carbonyl (C=O) groups is 2. The van der Waals surface area contributed by atoms with Crippen molar-refractivity contribution in [3.8, 4) is 0 Å². The molecule has 1 aliphatic rings. The van der Waals surface area contributed by atoms with Gasteiger partial charge in [0, 0.05) is 32.1 Å². The number of hydrogen-bond donors (Lipinski definition) is 1. The van der Waals surface area contributed by atoms with Crippen LogP contribution in [0.4, 0.5) is 13.2 Å². The number of likely N-dealkylation sites (tertiary alicyclic amines) is 1. The molecule has 7 heteroatoms. The van der Waals surface area contributed by atoms with E-state index in [1.165, 1.54) is 24.3 Å². The number of alkyl halides is 3. The van der Waals surface area contributed by atoms with Gasteiger partial charge >= 0.3 is 6.18 Å². The zero-order valence-corrected chi connectivity index (χ0v) is 13.1. The van der Waals surface area contributed by atoms with E-state index in [1.807, 2.05) is 0 Å². The molecule has 1 aliphatic heterocycles. The van der Waals surface area contributed by atoms with Gasteiger partial charge in [0.05, 0.1) is 5.56 Å². The van der Waals surface area contributed by atoms with E-state index in [1.54, 1.807) is 4.90 Å². The molecule has 24 heavy (non-hydrogen) atoms. The average Bonchev–Trinajstić information content (AvgIpc) is 2.94. The van der Waals surface area contributed by atoms with E-state index in [-0.39, 0.29) is 11.8 Å². The van der Waals surface area contributed by atoms with Crippen LogP contribution in [-0.4, -0.2) is 36.3 Å². The average molecular weight is 340 g/mol. The minimum Gasteiger partial charge on any atom is -0.352 e. The minimum atomic E-state index is -4.40. The molecule has 0 radical (unpaired) electrons. The number of amides is 2. The maximum Gasteiger partial charge on any atom is 0.416 e. The Hall–Kier alpha value is -2.31. The molecule has 0 spiro atoms. The number of rotatable bonds is 6. The van der Waals surface area contributed by atoms with Gasteiger partial charge in [0.15, 0.2) is 0 Å². The summed E-state index contributed by atoms with van der Waals surface area (Å²) in [5.41, 5.74) is -0.442. The lowest BCUT2D eigenvalue weighted by atomic mass is 10.1. The molecule has 2 rings (SSSR count). The van der Waals surface area contributed by atoms with E-state index in [0.29, 0.717) is 31.5 Å². The van der Waals surface area contributed by atoms with Crippen LogP contribution in [0.2, 0.25) is 0 Å². The third kappa shape index (κ3) is 5.40. The minimum absolute atomic E-state index is 0.144. The first kappa shape index (κ1) is 18.0. The number of halogens is 3. The molecule has 1 N–H and O–H groups in total. The fraction of sp³-hybridized carbons (Fsp3) is 0.412. The van der Waals surface area contributed by atoms with Crippen molar-refractivity contribution in [1.82, 2.24) is 10.2 Å². The highest BCUT2D eigenvalue weighted by Gasteiger charge is 2.30. The van der Waals surface area contributed by atoms with Crippen LogP contribution in [0.25, 0.3) is 6.08 Å². The Labute approximate surface area is 138 Å². The van der Waals surface area contributed by atoms with E-state index < -0.39 is 11.7 Å². The SMILES string of the molecule is O=C(/C=C/c1cccc(C(F)(F)F)c1)NCCCN1CCCC1=O. The predicted molar refractivity (Wildman–Crippen MR) is 83.9 cm³/mol. The smallest absolute Gasteiger partial charge is 0.352 e. The topological polar surface area (TPSA) is 49.4 Å². The van der Waals surface area contributed by atoms with Crippen LogP contribution in [0.5, 0.6) is 0 Å². The highest BCUT2D eigenvalue weighted by molar-refractivity contribution is 5.91. The van der Waals surface area contributed by atoms with Crippen LogP contribution >= 0.6 is 0 Å². The van der Waals surface area contributed by atoms with E-state index in [4.69, 9.17) is 0 Å². The number of benzene rings is 1. The van der Waals surface area contributed by atoms with E-state index >= 15 is 0 Å². The van der Waals surface area contributed by atoms with Crippen molar-refractivity contribution in [1.29, 1.82) is 0 Å². The summed E-state index contributed by atoms with van der Waals surface area (Å²) < 4.78 is 37.8. The second kappa shape index (κ2) is 7.99. The first-order valence-electron chi connectivity index (χ1n) is 7.77. The van der Waals surface area contributed by atoms with E-state index in [0.717, 1.165) is 25.1 Å². The lowest BCUT2D eigenvalue weighted by molar-refractivity contribution is -0.137. The first-order chi connectivity index (χ1) is 11.4. The molecule has 130 valence electrons. The Bertz CT molecular complexity index is 627. The molecule has 2 amide bonds. The second-order valence-corrected chi connectivity index (χ2v) is 5.59. The molecule has 0 saturated carbocycles. The molecule has 4 nitrogen and oxygen atoms in total. The normalized spacial score (nSPS) is 15.3. The van der Waals surface area contributed by atoms with Crippen LogP contribution in [0, 0.1) is 0 Å². The van der Waals surface area contributed by atoms with Gasteiger partial charge in [-0.05, 0) is 36.6 Å². The third-order valence-electron chi connectivity index (χ3n) is 3.72. The zero-order chi connectivity index (χ0) is 17.6. The van der Waals surface area contributed by atoms with E-state index in [2.05, 4.69) is 5.32 Å².